The summed E-state index contributed by atoms with van der Waals surface area (Å²) in [5, 5.41) is 10.5. The average molecular weight is 416 g/mol. The van der Waals surface area contributed by atoms with Gasteiger partial charge in [-0.1, -0.05) is 29.5 Å². The first-order valence-corrected chi connectivity index (χ1v) is 9.91. The molecule has 0 saturated heterocycles. The zero-order valence-corrected chi connectivity index (χ0v) is 17.3. The van der Waals surface area contributed by atoms with E-state index in [1.807, 2.05) is 35.8 Å². The SMILES string of the molecule is C=CCn1c(-c2sc(NC(=O)CCc3ccc(OC)cc3)nc2C)n[nH]c1=S. The van der Waals surface area contributed by atoms with Crippen molar-refractivity contribution in [3.8, 4) is 16.5 Å². The van der Waals surface area contributed by atoms with Crippen molar-refractivity contribution >= 4 is 34.6 Å². The maximum Gasteiger partial charge on any atom is 0.226 e. The number of rotatable bonds is 8. The maximum atomic E-state index is 12.3. The molecule has 1 aromatic carbocycles. The number of carbonyl (C=O) groups is 1. The lowest BCUT2D eigenvalue weighted by molar-refractivity contribution is -0.116. The fourth-order valence-electron chi connectivity index (χ4n) is 2.68. The molecule has 0 fully saturated rings. The Kier molecular flexibility index (Phi) is 6.37. The number of allylic oxidation sites excluding steroid dienone is 1. The monoisotopic (exact) mass is 415 g/mol. The van der Waals surface area contributed by atoms with Crippen LogP contribution < -0.4 is 10.1 Å². The Morgan fingerprint density at radius 2 is 2.18 bits per heavy atom. The van der Waals surface area contributed by atoms with Crippen molar-refractivity contribution < 1.29 is 9.53 Å². The zero-order valence-electron chi connectivity index (χ0n) is 15.7. The fraction of sp³-hybridized carbons (Fsp3) is 0.263. The number of nitrogens with zero attached hydrogens (tertiary/aromatic N) is 3. The molecule has 3 rings (SSSR count). The zero-order chi connectivity index (χ0) is 20.1. The molecule has 0 bridgehead atoms. The van der Waals surface area contributed by atoms with Gasteiger partial charge in [-0.25, -0.2) is 4.98 Å². The van der Waals surface area contributed by atoms with Gasteiger partial charge in [0.15, 0.2) is 15.7 Å². The number of anilines is 1. The molecule has 9 heteroatoms. The van der Waals surface area contributed by atoms with Crippen LogP contribution in [0.4, 0.5) is 5.13 Å². The van der Waals surface area contributed by atoms with Gasteiger partial charge in [-0.15, -0.1) is 6.58 Å². The van der Waals surface area contributed by atoms with Gasteiger partial charge in [0.05, 0.1) is 17.7 Å². The lowest BCUT2D eigenvalue weighted by atomic mass is 10.1. The van der Waals surface area contributed by atoms with Crippen molar-refractivity contribution in [2.45, 2.75) is 26.3 Å². The van der Waals surface area contributed by atoms with Gasteiger partial charge in [-0.05, 0) is 43.3 Å². The molecule has 0 unspecified atom stereocenters. The third kappa shape index (κ3) is 4.55. The van der Waals surface area contributed by atoms with E-state index in [2.05, 4.69) is 27.1 Å². The summed E-state index contributed by atoms with van der Waals surface area (Å²) in [7, 11) is 1.63. The van der Waals surface area contributed by atoms with E-state index in [0.717, 1.165) is 21.9 Å². The molecular formula is C19H21N5O2S2. The lowest BCUT2D eigenvalue weighted by Gasteiger charge is -2.04. The van der Waals surface area contributed by atoms with Gasteiger partial charge < -0.3 is 10.1 Å². The Hall–Kier alpha value is -2.78. The molecule has 2 aromatic heterocycles. The minimum Gasteiger partial charge on any atom is -0.497 e. The van der Waals surface area contributed by atoms with Gasteiger partial charge in [-0.3, -0.25) is 14.5 Å². The van der Waals surface area contributed by atoms with Crippen LogP contribution >= 0.6 is 23.6 Å². The van der Waals surface area contributed by atoms with Crippen LogP contribution in [0.5, 0.6) is 5.75 Å². The van der Waals surface area contributed by atoms with Crippen LogP contribution in [0.2, 0.25) is 0 Å². The van der Waals surface area contributed by atoms with E-state index in [4.69, 9.17) is 17.0 Å². The third-order valence-corrected chi connectivity index (χ3v) is 5.50. The summed E-state index contributed by atoms with van der Waals surface area (Å²) in [4.78, 5) is 17.6. The highest BCUT2D eigenvalue weighted by Crippen LogP contribution is 2.31. The van der Waals surface area contributed by atoms with Gasteiger partial charge in [0.1, 0.15) is 5.75 Å². The number of hydrogen-bond donors (Lipinski definition) is 2. The molecule has 0 atom stereocenters. The number of carbonyl (C=O) groups excluding carboxylic acids is 1. The molecule has 2 N–H and O–H groups in total. The van der Waals surface area contributed by atoms with E-state index in [-0.39, 0.29) is 5.91 Å². The standard InChI is InChI=1S/C19H21N5O2S2/c1-4-11-24-17(22-23-19(24)27)16-12(2)20-18(28-16)21-15(25)10-7-13-5-8-14(26-3)9-6-13/h4-6,8-9H,1,7,10-11H2,2-3H3,(H,23,27)(H,20,21,25). The molecule has 1 amide bonds. The van der Waals surface area contributed by atoms with E-state index >= 15 is 0 Å². The second-order valence-electron chi connectivity index (χ2n) is 6.08. The average Bonchev–Trinajstić information content (AvgIpc) is 3.23. The molecule has 0 radical (unpaired) electrons. The van der Waals surface area contributed by atoms with Crippen molar-refractivity contribution in [2.24, 2.45) is 0 Å². The molecule has 2 heterocycles. The molecule has 0 aliphatic carbocycles. The minimum absolute atomic E-state index is 0.0823. The Balaban J connectivity index is 1.66. The first-order valence-electron chi connectivity index (χ1n) is 8.68. The van der Waals surface area contributed by atoms with Crippen molar-refractivity contribution in [2.75, 3.05) is 12.4 Å². The normalized spacial score (nSPS) is 10.6. The quantitative estimate of drug-likeness (QED) is 0.427. The number of nitrogens with one attached hydrogen (secondary N) is 2. The summed E-state index contributed by atoms with van der Waals surface area (Å²) < 4.78 is 7.51. The Bertz CT molecular complexity index is 1030. The van der Waals surface area contributed by atoms with Gasteiger partial charge in [-0.2, -0.15) is 5.10 Å². The molecule has 0 aliphatic heterocycles. The number of aromatic amines is 1. The Morgan fingerprint density at radius 1 is 1.43 bits per heavy atom. The van der Waals surface area contributed by atoms with Crippen LogP contribution in [0.3, 0.4) is 0 Å². The number of thiazole rings is 1. The Labute approximate surface area is 172 Å². The highest BCUT2D eigenvalue weighted by molar-refractivity contribution is 7.71. The summed E-state index contributed by atoms with van der Waals surface area (Å²) in [6.07, 6.45) is 2.77. The summed E-state index contributed by atoms with van der Waals surface area (Å²) in [6.45, 7) is 6.18. The van der Waals surface area contributed by atoms with Gasteiger partial charge in [0.25, 0.3) is 0 Å². The topological polar surface area (TPSA) is 84.8 Å². The predicted octanol–water partition coefficient (Wildman–Crippen LogP) is 4.14. The van der Waals surface area contributed by atoms with Gasteiger partial charge in [0, 0.05) is 13.0 Å². The van der Waals surface area contributed by atoms with Crippen LogP contribution in [-0.4, -0.2) is 32.8 Å². The number of ether oxygens (including phenoxy) is 1. The molecule has 0 spiro atoms. The van der Waals surface area contributed by atoms with E-state index < -0.39 is 0 Å². The van der Waals surface area contributed by atoms with Crippen molar-refractivity contribution in [1.82, 2.24) is 19.7 Å². The predicted molar refractivity (Wildman–Crippen MR) is 113 cm³/mol. The van der Waals surface area contributed by atoms with Crippen LogP contribution in [0.1, 0.15) is 17.7 Å². The van der Waals surface area contributed by atoms with Crippen LogP contribution in [0.25, 0.3) is 10.7 Å². The fourth-order valence-corrected chi connectivity index (χ4v) is 3.87. The molecule has 0 saturated carbocycles. The number of aryl methyl sites for hydroxylation is 2. The second-order valence-corrected chi connectivity index (χ2v) is 7.47. The number of aromatic nitrogens is 4. The molecule has 3 aromatic rings. The molecular weight excluding hydrogens is 394 g/mol. The summed E-state index contributed by atoms with van der Waals surface area (Å²) in [5.41, 5.74) is 1.86. The minimum atomic E-state index is -0.0823. The number of benzene rings is 1. The highest BCUT2D eigenvalue weighted by atomic mass is 32.1. The maximum absolute atomic E-state index is 12.3. The first kappa shape index (κ1) is 20.0. The lowest BCUT2D eigenvalue weighted by Crippen LogP contribution is -2.12. The van der Waals surface area contributed by atoms with E-state index in [1.54, 1.807) is 13.2 Å². The van der Waals surface area contributed by atoms with Crippen LogP contribution in [0, 0.1) is 11.7 Å². The highest BCUT2D eigenvalue weighted by Gasteiger charge is 2.17. The van der Waals surface area contributed by atoms with E-state index in [0.29, 0.717) is 35.1 Å². The molecule has 28 heavy (non-hydrogen) atoms. The number of methoxy groups -OCH3 is 1. The smallest absolute Gasteiger partial charge is 0.226 e. The van der Waals surface area contributed by atoms with Gasteiger partial charge in [0.2, 0.25) is 5.91 Å². The largest absolute Gasteiger partial charge is 0.497 e. The third-order valence-electron chi connectivity index (χ3n) is 4.12. The number of hydrogen-bond acceptors (Lipinski definition) is 6. The van der Waals surface area contributed by atoms with Crippen molar-refractivity contribution in [3.63, 3.8) is 0 Å². The van der Waals surface area contributed by atoms with E-state index in [1.165, 1.54) is 11.3 Å². The van der Waals surface area contributed by atoms with Crippen molar-refractivity contribution in [3.05, 3.63) is 52.9 Å². The number of amides is 1. The number of H-pyrrole nitrogens is 1. The summed E-state index contributed by atoms with van der Waals surface area (Å²) in [5.74, 6) is 1.41. The Morgan fingerprint density at radius 3 is 2.86 bits per heavy atom. The molecule has 146 valence electrons. The van der Waals surface area contributed by atoms with Gasteiger partial charge >= 0.3 is 0 Å². The van der Waals surface area contributed by atoms with Crippen molar-refractivity contribution in [1.29, 1.82) is 0 Å². The van der Waals surface area contributed by atoms with Crippen LogP contribution in [0.15, 0.2) is 36.9 Å². The van der Waals surface area contributed by atoms with E-state index in [9.17, 15) is 4.79 Å². The summed E-state index contributed by atoms with van der Waals surface area (Å²) in [6, 6.07) is 7.69. The first-order chi connectivity index (χ1) is 13.5. The summed E-state index contributed by atoms with van der Waals surface area (Å²) >= 11 is 6.64. The molecule has 0 aliphatic rings. The second kappa shape index (κ2) is 8.94. The van der Waals surface area contributed by atoms with Crippen LogP contribution in [-0.2, 0) is 17.8 Å². The molecule has 7 nitrogen and oxygen atoms in total.